The molecule has 2 unspecified atom stereocenters. The third kappa shape index (κ3) is 2.41. The van der Waals surface area contributed by atoms with Crippen LogP contribution in [0, 0.1) is 11.3 Å². The zero-order valence-corrected chi connectivity index (χ0v) is 11.6. The Bertz CT molecular complexity index is 385. The van der Waals surface area contributed by atoms with E-state index in [4.69, 9.17) is 5.73 Å². The monoisotopic (exact) mass is 269 g/mol. The zero-order chi connectivity index (χ0) is 14.2. The maximum Gasteiger partial charge on any atom is 0.320 e. The lowest BCUT2D eigenvalue weighted by molar-refractivity contribution is -0.150. The number of hydrogen-bond acceptors (Lipinski definition) is 3. The molecule has 19 heavy (non-hydrogen) atoms. The van der Waals surface area contributed by atoms with E-state index in [9.17, 15) is 14.7 Å². The molecule has 0 aromatic heterocycles. The third-order valence-electron chi connectivity index (χ3n) is 4.60. The van der Waals surface area contributed by atoms with E-state index in [0.29, 0.717) is 32.6 Å². The van der Waals surface area contributed by atoms with Gasteiger partial charge in [0.25, 0.3) is 0 Å². The minimum Gasteiger partial charge on any atom is -0.481 e. The van der Waals surface area contributed by atoms with Crippen LogP contribution >= 0.6 is 0 Å². The van der Waals surface area contributed by atoms with Crippen molar-refractivity contribution >= 4 is 12.0 Å². The zero-order valence-electron chi connectivity index (χ0n) is 11.6. The Labute approximate surface area is 113 Å². The lowest BCUT2D eigenvalue weighted by Gasteiger charge is -2.30. The number of carbonyl (C=O) groups excluding carboxylic acids is 1. The lowest BCUT2D eigenvalue weighted by Crippen LogP contribution is -2.45. The third-order valence-corrected chi connectivity index (χ3v) is 4.60. The molecule has 108 valence electrons. The van der Waals surface area contributed by atoms with Crippen molar-refractivity contribution in [2.24, 2.45) is 17.1 Å². The molecule has 2 aliphatic rings. The molecule has 2 atom stereocenters. The number of likely N-dealkylation sites (tertiary alicyclic amines) is 2. The molecule has 0 aliphatic carbocycles. The molecular weight excluding hydrogens is 246 g/mol. The molecule has 6 nitrogen and oxygen atoms in total. The lowest BCUT2D eigenvalue weighted by atomic mass is 9.76. The molecule has 2 saturated heterocycles. The van der Waals surface area contributed by atoms with Crippen molar-refractivity contribution in [3.05, 3.63) is 0 Å². The van der Waals surface area contributed by atoms with Gasteiger partial charge in [-0.2, -0.15) is 0 Å². The molecule has 0 aromatic carbocycles. The van der Waals surface area contributed by atoms with E-state index in [1.54, 1.807) is 9.80 Å². The van der Waals surface area contributed by atoms with Crippen LogP contribution in [-0.2, 0) is 4.79 Å². The second-order valence-electron chi connectivity index (χ2n) is 6.06. The first kappa shape index (κ1) is 14.1. The first-order valence-corrected chi connectivity index (χ1v) is 6.89. The minimum absolute atomic E-state index is 0.0173. The number of carboxylic acids is 1. The molecule has 2 amide bonds. The molecule has 6 heteroatoms. The van der Waals surface area contributed by atoms with E-state index in [2.05, 4.69) is 0 Å². The van der Waals surface area contributed by atoms with Crippen molar-refractivity contribution in [1.82, 2.24) is 9.80 Å². The molecular formula is C13H23N3O3. The van der Waals surface area contributed by atoms with E-state index in [1.807, 2.05) is 13.8 Å². The number of urea groups is 1. The normalized spacial score (nSPS) is 31.3. The van der Waals surface area contributed by atoms with E-state index in [-0.39, 0.29) is 18.0 Å². The van der Waals surface area contributed by atoms with Crippen molar-refractivity contribution in [3.8, 4) is 0 Å². The van der Waals surface area contributed by atoms with Crippen molar-refractivity contribution in [3.63, 3.8) is 0 Å². The number of rotatable bonds is 2. The number of hydrogen-bond donors (Lipinski definition) is 2. The smallest absolute Gasteiger partial charge is 0.320 e. The molecule has 0 bridgehead atoms. The molecule has 0 saturated carbocycles. The standard InChI is InChI=1S/C13H23N3O3/c1-9(2)13(11(17)18)4-6-16(8-13)12(19)15-5-3-10(14)7-15/h9-10H,3-8,14H2,1-2H3,(H,17,18). The second-order valence-corrected chi connectivity index (χ2v) is 6.06. The fourth-order valence-corrected chi connectivity index (χ4v) is 3.05. The van der Waals surface area contributed by atoms with Gasteiger partial charge < -0.3 is 20.6 Å². The summed E-state index contributed by atoms with van der Waals surface area (Å²) in [6.45, 7) is 5.91. The van der Waals surface area contributed by atoms with Gasteiger partial charge in [0, 0.05) is 32.2 Å². The quantitative estimate of drug-likeness (QED) is 0.767. The van der Waals surface area contributed by atoms with Gasteiger partial charge in [-0.25, -0.2) is 4.79 Å². The van der Waals surface area contributed by atoms with Crippen LogP contribution in [0.4, 0.5) is 4.79 Å². The average molecular weight is 269 g/mol. The van der Waals surface area contributed by atoms with Gasteiger partial charge in [-0.15, -0.1) is 0 Å². The topological polar surface area (TPSA) is 86.9 Å². The Morgan fingerprint density at radius 3 is 2.42 bits per heavy atom. The molecule has 0 aromatic rings. The summed E-state index contributed by atoms with van der Waals surface area (Å²) in [5, 5.41) is 9.47. The average Bonchev–Trinajstić information content (AvgIpc) is 2.94. The summed E-state index contributed by atoms with van der Waals surface area (Å²) in [5.74, 6) is -0.778. The van der Waals surface area contributed by atoms with Crippen LogP contribution in [0.5, 0.6) is 0 Å². The van der Waals surface area contributed by atoms with Gasteiger partial charge in [-0.1, -0.05) is 13.8 Å². The first-order chi connectivity index (χ1) is 8.86. The molecule has 3 N–H and O–H groups in total. The highest BCUT2D eigenvalue weighted by Crippen LogP contribution is 2.38. The van der Waals surface area contributed by atoms with Gasteiger partial charge in [-0.3, -0.25) is 4.79 Å². The van der Waals surface area contributed by atoms with Crippen LogP contribution in [0.3, 0.4) is 0 Å². The van der Waals surface area contributed by atoms with E-state index < -0.39 is 11.4 Å². The van der Waals surface area contributed by atoms with Crippen molar-refractivity contribution in [1.29, 1.82) is 0 Å². The van der Waals surface area contributed by atoms with Crippen LogP contribution in [0.15, 0.2) is 0 Å². The van der Waals surface area contributed by atoms with Gasteiger partial charge >= 0.3 is 12.0 Å². The Kier molecular flexibility index (Phi) is 3.71. The van der Waals surface area contributed by atoms with Crippen molar-refractivity contribution in [2.75, 3.05) is 26.2 Å². The summed E-state index contributed by atoms with van der Waals surface area (Å²) < 4.78 is 0. The van der Waals surface area contributed by atoms with Gasteiger partial charge in [0.1, 0.15) is 0 Å². The Morgan fingerprint density at radius 1 is 1.32 bits per heavy atom. The molecule has 2 fully saturated rings. The summed E-state index contributed by atoms with van der Waals surface area (Å²) in [4.78, 5) is 27.3. The summed E-state index contributed by atoms with van der Waals surface area (Å²) in [7, 11) is 0. The Morgan fingerprint density at radius 2 is 2.00 bits per heavy atom. The first-order valence-electron chi connectivity index (χ1n) is 6.89. The largest absolute Gasteiger partial charge is 0.481 e. The van der Waals surface area contributed by atoms with Crippen molar-refractivity contribution in [2.45, 2.75) is 32.7 Å². The van der Waals surface area contributed by atoms with Crippen LogP contribution in [0.2, 0.25) is 0 Å². The van der Waals surface area contributed by atoms with Crippen LogP contribution in [0.25, 0.3) is 0 Å². The molecule has 2 aliphatic heterocycles. The van der Waals surface area contributed by atoms with E-state index in [0.717, 1.165) is 6.42 Å². The van der Waals surface area contributed by atoms with Crippen LogP contribution in [0.1, 0.15) is 26.7 Å². The maximum atomic E-state index is 12.3. The van der Waals surface area contributed by atoms with Gasteiger partial charge in [-0.05, 0) is 18.8 Å². The van der Waals surface area contributed by atoms with Gasteiger partial charge in [0.15, 0.2) is 0 Å². The highest BCUT2D eigenvalue weighted by Gasteiger charge is 2.49. The fourth-order valence-electron chi connectivity index (χ4n) is 3.05. The number of nitrogens with zero attached hydrogens (tertiary/aromatic N) is 2. The maximum absolute atomic E-state index is 12.3. The fraction of sp³-hybridized carbons (Fsp3) is 0.846. The summed E-state index contributed by atoms with van der Waals surface area (Å²) >= 11 is 0. The Hall–Kier alpha value is -1.30. The van der Waals surface area contributed by atoms with Crippen molar-refractivity contribution < 1.29 is 14.7 Å². The second kappa shape index (κ2) is 5.00. The molecule has 0 radical (unpaired) electrons. The van der Waals surface area contributed by atoms with E-state index in [1.165, 1.54) is 0 Å². The molecule has 0 spiro atoms. The SMILES string of the molecule is CC(C)C1(C(=O)O)CCN(C(=O)N2CCC(N)C2)C1. The van der Waals surface area contributed by atoms with E-state index >= 15 is 0 Å². The summed E-state index contributed by atoms with van der Waals surface area (Å²) in [5.41, 5.74) is 5.01. The number of carboxylic acid groups (broad SMARTS) is 1. The molecule has 2 heterocycles. The highest BCUT2D eigenvalue weighted by atomic mass is 16.4. The number of nitrogens with two attached hydrogens (primary N) is 1. The molecule has 2 rings (SSSR count). The van der Waals surface area contributed by atoms with Crippen LogP contribution < -0.4 is 5.73 Å². The predicted molar refractivity (Wildman–Crippen MR) is 70.7 cm³/mol. The van der Waals surface area contributed by atoms with Gasteiger partial charge in [0.2, 0.25) is 0 Å². The highest BCUT2D eigenvalue weighted by molar-refractivity contribution is 5.80. The number of amides is 2. The Balaban J connectivity index is 2.05. The number of carbonyl (C=O) groups is 2. The minimum atomic E-state index is -0.795. The number of aliphatic carboxylic acids is 1. The summed E-state index contributed by atoms with van der Waals surface area (Å²) in [6.07, 6.45) is 1.36. The summed E-state index contributed by atoms with van der Waals surface area (Å²) in [6, 6.07) is -0.00222. The van der Waals surface area contributed by atoms with Gasteiger partial charge in [0.05, 0.1) is 5.41 Å². The predicted octanol–water partition coefficient (Wildman–Crippen LogP) is 0.572. The van der Waals surface area contributed by atoms with Crippen LogP contribution in [-0.4, -0.2) is 59.1 Å².